The second-order valence-corrected chi connectivity index (χ2v) is 5.43. The van der Waals surface area contributed by atoms with E-state index in [4.69, 9.17) is 0 Å². The van der Waals surface area contributed by atoms with Crippen LogP contribution in [0.2, 0.25) is 0 Å². The molecular weight excluding hydrogens is 235 g/mol. The van der Waals surface area contributed by atoms with Crippen molar-refractivity contribution in [3.63, 3.8) is 0 Å². The molecule has 102 valence electrons. The van der Waals surface area contributed by atoms with E-state index >= 15 is 0 Å². The van der Waals surface area contributed by atoms with Crippen LogP contribution in [0.1, 0.15) is 44.1 Å². The summed E-state index contributed by atoms with van der Waals surface area (Å²) in [4.78, 5) is 0. The van der Waals surface area contributed by atoms with Crippen molar-refractivity contribution in [3.05, 3.63) is 66.2 Å². The van der Waals surface area contributed by atoms with Gasteiger partial charge in [0.25, 0.3) is 0 Å². The fourth-order valence-corrected chi connectivity index (χ4v) is 2.13. The van der Waals surface area contributed by atoms with Gasteiger partial charge >= 0.3 is 52.3 Å². The number of benzene rings is 2. The van der Waals surface area contributed by atoms with E-state index in [1.54, 1.807) is 0 Å². The molecule has 1 fully saturated rings. The van der Waals surface area contributed by atoms with Gasteiger partial charge in [-0.3, -0.25) is 0 Å². The van der Waals surface area contributed by atoms with Gasteiger partial charge in [0.1, 0.15) is 0 Å². The standard InChI is InChI=1S/C7H8.C6H12.C6H5.Li/c1-7-5-3-2-4-6-7;2*1-2-4-6-5-3-1;/h2-6H,1H3;1-6H2;1-5H;. The topological polar surface area (TPSA) is 0 Å². The minimum absolute atomic E-state index is 1.32. The Hall–Kier alpha value is -0.963. The van der Waals surface area contributed by atoms with Crippen LogP contribution in [-0.4, -0.2) is 17.7 Å². The first kappa shape index (κ1) is 17.1. The number of hydrogen-bond donors (Lipinski definition) is 0. The Morgan fingerprint density at radius 1 is 0.600 bits per heavy atom. The first-order valence-electron chi connectivity index (χ1n) is 7.82. The van der Waals surface area contributed by atoms with Crippen LogP contribution in [0.4, 0.5) is 0 Å². The van der Waals surface area contributed by atoms with Gasteiger partial charge in [-0.15, -0.1) is 0 Å². The molecule has 0 unspecified atom stereocenters. The molecule has 0 saturated heterocycles. The molecular formula is C19H25Li. The first-order chi connectivity index (χ1) is 9.79. The molecule has 20 heavy (non-hydrogen) atoms. The molecule has 1 saturated carbocycles. The summed E-state index contributed by atoms with van der Waals surface area (Å²) >= 11 is 2.08. The van der Waals surface area contributed by atoms with Gasteiger partial charge in [0, 0.05) is 0 Å². The summed E-state index contributed by atoms with van der Waals surface area (Å²) in [5.41, 5.74) is 1.32. The molecule has 2 aromatic rings. The van der Waals surface area contributed by atoms with Crippen molar-refractivity contribution in [1.29, 1.82) is 0 Å². The minimum atomic E-state index is 1.32. The van der Waals surface area contributed by atoms with E-state index in [9.17, 15) is 0 Å². The molecule has 0 atom stereocenters. The van der Waals surface area contributed by atoms with Crippen molar-refractivity contribution in [2.45, 2.75) is 45.4 Å². The molecule has 0 nitrogen and oxygen atoms in total. The molecule has 1 aliphatic rings. The number of aryl methyl sites for hydroxylation is 1. The summed E-state index contributed by atoms with van der Waals surface area (Å²) in [6.45, 7) is 2.08. The van der Waals surface area contributed by atoms with E-state index in [1.165, 1.54) is 48.3 Å². The van der Waals surface area contributed by atoms with Crippen molar-refractivity contribution < 1.29 is 0 Å². The van der Waals surface area contributed by atoms with E-state index < -0.39 is 0 Å². The predicted octanol–water partition coefficient (Wildman–Crippen LogP) is 4.82. The third-order valence-corrected chi connectivity index (χ3v) is 3.38. The van der Waals surface area contributed by atoms with Gasteiger partial charge in [-0.1, -0.05) is 74.4 Å². The van der Waals surface area contributed by atoms with Gasteiger partial charge in [0.2, 0.25) is 0 Å². The quantitative estimate of drug-likeness (QED) is 0.596. The second kappa shape index (κ2) is 11.8. The van der Waals surface area contributed by atoms with Gasteiger partial charge in [0.15, 0.2) is 0 Å². The van der Waals surface area contributed by atoms with E-state index in [0.29, 0.717) is 0 Å². The van der Waals surface area contributed by atoms with Crippen LogP contribution in [0.5, 0.6) is 0 Å². The molecule has 0 heterocycles. The molecule has 0 amide bonds. The summed E-state index contributed by atoms with van der Waals surface area (Å²) in [5.74, 6) is 0. The summed E-state index contributed by atoms with van der Waals surface area (Å²) in [6.07, 6.45) is 9.00. The van der Waals surface area contributed by atoms with Crippen LogP contribution in [0.15, 0.2) is 60.7 Å². The summed E-state index contributed by atoms with van der Waals surface area (Å²) in [7, 11) is 0. The Kier molecular flexibility index (Phi) is 10.1. The van der Waals surface area contributed by atoms with Crippen molar-refractivity contribution in [1.82, 2.24) is 0 Å². The Bertz CT molecular complexity index is 369. The Balaban J connectivity index is 0.000000151. The molecule has 0 N–H and O–H groups in total. The van der Waals surface area contributed by atoms with Crippen molar-refractivity contribution in [2.75, 3.05) is 0 Å². The fourth-order valence-electron chi connectivity index (χ4n) is 2.13. The zero-order chi connectivity index (χ0) is 14.5. The van der Waals surface area contributed by atoms with E-state index in [1.807, 2.05) is 36.4 Å². The van der Waals surface area contributed by atoms with Gasteiger partial charge < -0.3 is 0 Å². The molecule has 1 heteroatoms. The van der Waals surface area contributed by atoms with Gasteiger partial charge in [-0.25, -0.2) is 0 Å². The Morgan fingerprint density at radius 3 is 1.15 bits per heavy atom. The van der Waals surface area contributed by atoms with E-state index in [-0.39, 0.29) is 0 Å². The fraction of sp³-hybridized carbons (Fsp3) is 0.368. The molecule has 0 aromatic heterocycles. The van der Waals surface area contributed by atoms with Gasteiger partial charge in [0.05, 0.1) is 0 Å². The monoisotopic (exact) mass is 260 g/mol. The summed E-state index contributed by atoms with van der Waals surface area (Å²) in [6, 6.07) is 20.5. The molecule has 0 aliphatic heterocycles. The third kappa shape index (κ3) is 9.90. The van der Waals surface area contributed by atoms with Crippen LogP contribution in [-0.2, 0) is 0 Å². The first-order valence-corrected chi connectivity index (χ1v) is 7.82. The van der Waals surface area contributed by atoms with E-state index in [2.05, 4.69) is 48.9 Å². The maximum absolute atomic E-state index is 2.08. The molecule has 3 rings (SSSR count). The zero-order valence-corrected chi connectivity index (χ0v) is 13.0. The molecule has 2 aromatic carbocycles. The van der Waals surface area contributed by atoms with Crippen molar-refractivity contribution in [2.24, 2.45) is 0 Å². The van der Waals surface area contributed by atoms with Crippen LogP contribution in [0, 0.1) is 6.92 Å². The van der Waals surface area contributed by atoms with Crippen LogP contribution in [0.3, 0.4) is 0 Å². The normalized spacial score (nSPS) is 13.3. The molecule has 1 aliphatic carbocycles. The van der Waals surface area contributed by atoms with Gasteiger partial charge in [-0.2, -0.15) is 0 Å². The SMILES string of the molecule is C1CCCCC1.Cc1ccccc1.[Li][c]1ccccc1. The molecule has 0 spiro atoms. The van der Waals surface area contributed by atoms with Gasteiger partial charge in [-0.05, 0) is 6.92 Å². The van der Waals surface area contributed by atoms with E-state index in [0.717, 1.165) is 0 Å². The average Bonchev–Trinajstić information content (AvgIpc) is 2.52. The summed E-state index contributed by atoms with van der Waals surface area (Å²) < 4.78 is 1.32. The zero-order valence-electron chi connectivity index (χ0n) is 13.0. The third-order valence-electron chi connectivity index (χ3n) is 3.38. The Morgan fingerprint density at radius 2 is 0.950 bits per heavy atom. The average molecular weight is 260 g/mol. The van der Waals surface area contributed by atoms with Crippen molar-refractivity contribution in [3.8, 4) is 0 Å². The second-order valence-electron chi connectivity index (χ2n) is 5.43. The molecule has 0 radical (unpaired) electrons. The van der Waals surface area contributed by atoms with Crippen molar-refractivity contribution >= 4 is 22.0 Å². The Labute approximate surface area is 133 Å². The predicted molar refractivity (Wildman–Crippen MR) is 90.7 cm³/mol. The maximum atomic E-state index is 2.08. The van der Waals surface area contributed by atoms with Crippen LogP contribution >= 0.6 is 0 Å². The van der Waals surface area contributed by atoms with Crippen LogP contribution in [0.25, 0.3) is 0 Å². The summed E-state index contributed by atoms with van der Waals surface area (Å²) in [5, 5.41) is 0. The number of rotatable bonds is 0. The van der Waals surface area contributed by atoms with Crippen LogP contribution < -0.4 is 4.24 Å². The molecule has 0 bridgehead atoms. The number of hydrogen-bond acceptors (Lipinski definition) is 0.